The van der Waals surface area contributed by atoms with E-state index in [1.807, 2.05) is 34.7 Å². The van der Waals surface area contributed by atoms with Crippen LogP contribution in [-0.4, -0.2) is 30.2 Å². The van der Waals surface area contributed by atoms with Crippen LogP contribution in [0.2, 0.25) is 5.02 Å². The molecule has 1 aromatic carbocycles. The molecule has 0 saturated carbocycles. The van der Waals surface area contributed by atoms with Crippen molar-refractivity contribution < 1.29 is 18.3 Å². The van der Waals surface area contributed by atoms with E-state index >= 15 is 0 Å². The second-order valence-corrected chi connectivity index (χ2v) is 10.9. The van der Waals surface area contributed by atoms with Gasteiger partial charge in [-0.05, 0) is 67.1 Å². The summed E-state index contributed by atoms with van der Waals surface area (Å²) in [5, 5.41) is 10.1. The zero-order chi connectivity index (χ0) is 20.8. The molecule has 0 radical (unpaired) electrons. The fraction of sp³-hybridized carbons (Fsp3) is 0.286. The Morgan fingerprint density at radius 2 is 1.97 bits per heavy atom. The molecule has 0 aliphatic heterocycles. The quantitative estimate of drug-likeness (QED) is 0.590. The van der Waals surface area contributed by atoms with Crippen LogP contribution in [0, 0.1) is 0 Å². The Balaban J connectivity index is 1.93. The molecule has 1 N–H and O–H groups in total. The van der Waals surface area contributed by atoms with Crippen LogP contribution < -0.4 is 0 Å². The Labute approximate surface area is 178 Å². The van der Waals surface area contributed by atoms with Crippen LogP contribution in [0.5, 0.6) is 0 Å². The SMILES string of the molecule is CS(=O)(=O)c1ccc2c(Sc3ccc(Cl)cc3)c3c(n2c1)CCCC3CC(=O)O. The summed E-state index contributed by atoms with van der Waals surface area (Å²) in [5.74, 6) is -0.912. The number of aryl methyl sites for hydroxylation is 1. The first kappa shape index (κ1) is 20.3. The number of benzene rings is 1. The molecule has 1 atom stereocenters. The highest BCUT2D eigenvalue weighted by Crippen LogP contribution is 2.46. The average molecular weight is 450 g/mol. The number of nitrogens with zero attached hydrogens (tertiary/aromatic N) is 1. The summed E-state index contributed by atoms with van der Waals surface area (Å²) in [5.41, 5.74) is 2.95. The molecular formula is C21H20ClNO4S2. The van der Waals surface area contributed by atoms with Crippen LogP contribution in [0.3, 0.4) is 0 Å². The molecule has 0 fully saturated rings. The summed E-state index contributed by atoms with van der Waals surface area (Å²) in [4.78, 5) is 13.7. The van der Waals surface area contributed by atoms with Gasteiger partial charge in [0.05, 0.1) is 16.8 Å². The van der Waals surface area contributed by atoms with Crippen LogP contribution in [0.1, 0.15) is 36.4 Å². The first-order valence-electron chi connectivity index (χ1n) is 9.26. The third-order valence-corrected chi connectivity index (χ3v) is 7.75. The van der Waals surface area contributed by atoms with E-state index in [0.717, 1.165) is 45.8 Å². The maximum absolute atomic E-state index is 12.1. The summed E-state index contributed by atoms with van der Waals surface area (Å²) >= 11 is 7.58. The van der Waals surface area contributed by atoms with Gasteiger partial charge in [0.25, 0.3) is 0 Å². The van der Waals surface area contributed by atoms with Crippen LogP contribution in [0.25, 0.3) is 5.52 Å². The number of aromatic nitrogens is 1. The molecule has 29 heavy (non-hydrogen) atoms. The Hall–Kier alpha value is -1.96. The van der Waals surface area contributed by atoms with E-state index in [2.05, 4.69) is 0 Å². The molecule has 0 spiro atoms. The summed E-state index contributed by atoms with van der Waals surface area (Å²) in [7, 11) is -3.34. The van der Waals surface area contributed by atoms with Crippen LogP contribution in [0.15, 0.2) is 57.3 Å². The number of hydrogen-bond acceptors (Lipinski definition) is 4. The summed E-state index contributed by atoms with van der Waals surface area (Å²) in [6.07, 6.45) is 5.41. The van der Waals surface area contributed by atoms with Gasteiger partial charge in [0.1, 0.15) is 0 Å². The second-order valence-electron chi connectivity index (χ2n) is 7.32. The van der Waals surface area contributed by atoms with Gasteiger partial charge in [-0.25, -0.2) is 8.42 Å². The smallest absolute Gasteiger partial charge is 0.303 e. The monoisotopic (exact) mass is 449 g/mol. The number of hydrogen-bond donors (Lipinski definition) is 1. The van der Waals surface area contributed by atoms with Crippen LogP contribution >= 0.6 is 23.4 Å². The van der Waals surface area contributed by atoms with Gasteiger partial charge in [-0.1, -0.05) is 23.4 Å². The summed E-state index contributed by atoms with van der Waals surface area (Å²) in [6, 6.07) is 11.0. The number of fused-ring (bicyclic) bond motifs is 3. The molecule has 8 heteroatoms. The maximum Gasteiger partial charge on any atom is 0.303 e. The summed E-state index contributed by atoms with van der Waals surface area (Å²) in [6.45, 7) is 0. The van der Waals surface area contributed by atoms with Gasteiger partial charge in [0, 0.05) is 33.0 Å². The van der Waals surface area contributed by atoms with Crippen LogP contribution in [-0.2, 0) is 21.1 Å². The van der Waals surface area contributed by atoms with Gasteiger partial charge in [-0.3, -0.25) is 4.79 Å². The first-order valence-corrected chi connectivity index (χ1v) is 12.3. The van der Waals surface area contributed by atoms with Crippen LogP contribution in [0.4, 0.5) is 0 Å². The molecule has 2 heterocycles. The highest BCUT2D eigenvalue weighted by atomic mass is 35.5. The van der Waals surface area contributed by atoms with Crippen molar-refractivity contribution in [2.75, 3.05) is 6.26 Å². The average Bonchev–Trinajstić information content (AvgIpc) is 2.97. The van der Waals surface area contributed by atoms with Gasteiger partial charge in [0.15, 0.2) is 9.84 Å². The fourth-order valence-electron chi connectivity index (χ4n) is 3.99. The van der Waals surface area contributed by atoms with Crippen molar-refractivity contribution in [2.24, 2.45) is 0 Å². The van der Waals surface area contributed by atoms with Gasteiger partial charge in [-0.2, -0.15) is 0 Å². The third kappa shape index (κ3) is 4.04. The Morgan fingerprint density at radius 3 is 2.62 bits per heavy atom. The van der Waals surface area contributed by atoms with Crippen molar-refractivity contribution in [3.8, 4) is 0 Å². The first-order chi connectivity index (χ1) is 13.7. The number of carboxylic acids is 1. The molecule has 1 unspecified atom stereocenters. The fourth-order valence-corrected chi connectivity index (χ4v) is 5.90. The number of aliphatic carboxylic acids is 1. The zero-order valence-corrected chi connectivity index (χ0v) is 18.1. The van der Waals surface area contributed by atoms with Gasteiger partial charge in [0.2, 0.25) is 0 Å². The molecular weight excluding hydrogens is 430 g/mol. The molecule has 4 rings (SSSR count). The second kappa shape index (κ2) is 7.70. The Bertz CT molecular complexity index is 1200. The highest BCUT2D eigenvalue weighted by molar-refractivity contribution is 7.99. The van der Waals surface area contributed by atoms with E-state index in [0.29, 0.717) is 5.02 Å². The van der Waals surface area contributed by atoms with Crippen molar-refractivity contribution in [3.63, 3.8) is 0 Å². The Morgan fingerprint density at radius 1 is 1.24 bits per heavy atom. The molecule has 1 aliphatic rings. The lowest BCUT2D eigenvalue weighted by atomic mass is 9.84. The lowest BCUT2D eigenvalue weighted by Gasteiger charge is -2.23. The minimum atomic E-state index is -3.34. The lowest BCUT2D eigenvalue weighted by molar-refractivity contribution is -0.137. The van der Waals surface area contributed by atoms with E-state index in [4.69, 9.17) is 11.6 Å². The maximum atomic E-state index is 12.1. The number of halogens is 1. The zero-order valence-electron chi connectivity index (χ0n) is 15.8. The predicted octanol–water partition coefficient (Wildman–Crippen LogP) is 5.04. The van der Waals surface area contributed by atoms with Gasteiger partial charge >= 0.3 is 5.97 Å². The standard InChI is InChI=1S/C21H20ClNO4S2/c1-29(26,27)16-9-10-18-21(28-15-7-5-14(22)6-8-15)20-13(11-19(24)25)3-2-4-17(20)23(18)12-16/h5-10,12-13H,2-4,11H2,1H3,(H,24,25). The van der Waals surface area contributed by atoms with Crippen molar-refractivity contribution >= 4 is 44.7 Å². The molecule has 1 aliphatic carbocycles. The third-order valence-electron chi connectivity index (χ3n) is 5.26. The number of pyridine rings is 1. The van der Waals surface area contributed by atoms with Crippen molar-refractivity contribution in [3.05, 3.63) is 58.9 Å². The molecule has 0 saturated heterocycles. The van der Waals surface area contributed by atoms with Crippen molar-refractivity contribution in [1.29, 1.82) is 0 Å². The minimum absolute atomic E-state index is 0.0665. The normalized spacial score (nSPS) is 16.7. The predicted molar refractivity (Wildman–Crippen MR) is 114 cm³/mol. The molecule has 0 amide bonds. The largest absolute Gasteiger partial charge is 0.481 e. The van der Waals surface area contributed by atoms with Crippen molar-refractivity contribution in [1.82, 2.24) is 4.40 Å². The van der Waals surface area contributed by atoms with E-state index in [1.54, 1.807) is 24.0 Å². The van der Waals surface area contributed by atoms with Gasteiger partial charge < -0.3 is 9.51 Å². The molecule has 152 valence electrons. The van der Waals surface area contributed by atoms with E-state index in [1.165, 1.54) is 6.26 Å². The molecule has 2 aromatic heterocycles. The summed E-state index contributed by atoms with van der Waals surface area (Å²) < 4.78 is 26.1. The number of carboxylic acid groups (broad SMARTS) is 1. The minimum Gasteiger partial charge on any atom is -0.481 e. The molecule has 5 nitrogen and oxygen atoms in total. The van der Waals surface area contributed by atoms with E-state index in [-0.39, 0.29) is 17.2 Å². The van der Waals surface area contributed by atoms with E-state index in [9.17, 15) is 18.3 Å². The van der Waals surface area contributed by atoms with E-state index < -0.39 is 15.8 Å². The Kier molecular flexibility index (Phi) is 5.40. The lowest BCUT2D eigenvalue weighted by Crippen LogP contribution is -2.14. The van der Waals surface area contributed by atoms with Gasteiger partial charge in [-0.15, -0.1) is 0 Å². The number of rotatable bonds is 5. The number of sulfone groups is 1. The highest BCUT2D eigenvalue weighted by Gasteiger charge is 2.30. The molecule has 0 bridgehead atoms. The van der Waals surface area contributed by atoms with Crippen molar-refractivity contribution in [2.45, 2.75) is 46.3 Å². The molecule has 3 aromatic rings. The topological polar surface area (TPSA) is 75.8 Å². The number of carbonyl (C=O) groups is 1.